The number of aryl methyl sites for hydroxylation is 1. The van der Waals surface area contributed by atoms with Crippen molar-refractivity contribution < 1.29 is 24.2 Å². The number of carboxylic acid groups (broad SMARTS) is 1. The number of carbonyl (C=O) groups excluding carboxylic acids is 1. The number of halogens is 2. The van der Waals surface area contributed by atoms with Gasteiger partial charge >= 0.3 is 11.9 Å². The molecule has 0 amide bonds. The number of allylic oxidation sites excluding steroid dienone is 1. The number of hydrogen-bond donors (Lipinski definition) is 1. The Hall–Kier alpha value is -3.55. The SMILES string of the molecule is CCOC(=O)C1=C(C)N=c2s/c(=C/c3cc(Br)c(OCc4ccc(C(=O)O)cc4)c(I)c3)c(=O)n2[C@H]1c1ccc(C)cc1. The molecule has 1 aliphatic heterocycles. The number of hydrogen-bond acceptors (Lipinski definition) is 7. The highest BCUT2D eigenvalue weighted by atomic mass is 127. The van der Waals surface area contributed by atoms with Crippen LogP contribution in [0.5, 0.6) is 5.75 Å². The van der Waals surface area contributed by atoms with Gasteiger partial charge in [-0.2, -0.15) is 0 Å². The molecule has 0 bridgehead atoms. The summed E-state index contributed by atoms with van der Waals surface area (Å²) in [6.07, 6.45) is 1.81. The summed E-state index contributed by atoms with van der Waals surface area (Å²) in [6, 6.07) is 17.4. The molecule has 1 aliphatic rings. The minimum atomic E-state index is -0.979. The van der Waals surface area contributed by atoms with E-state index in [0.717, 1.165) is 25.8 Å². The third-order valence-electron chi connectivity index (χ3n) is 6.81. The fourth-order valence-corrected chi connectivity index (χ4v) is 7.52. The quantitative estimate of drug-likeness (QED) is 0.181. The minimum Gasteiger partial charge on any atom is -0.487 e. The monoisotopic (exact) mass is 772 g/mol. The molecule has 1 atom stereocenters. The lowest BCUT2D eigenvalue weighted by molar-refractivity contribution is -0.139. The number of aromatic nitrogens is 1. The molecule has 1 N–H and O–H groups in total. The number of aromatic carboxylic acids is 1. The van der Waals surface area contributed by atoms with Crippen LogP contribution in [0, 0.1) is 10.5 Å². The molecule has 43 heavy (non-hydrogen) atoms. The average molecular weight is 773 g/mol. The van der Waals surface area contributed by atoms with Gasteiger partial charge in [0.2, 0.25) is 0 Å². The van der Waals surface area contributed by atoms with Crippen LogP contribution < -0.4 is 19.6 Å². The second kappa shape index (κ2) is 13.0. The fourth-order valence-electron chi connectivity index (χ4n) is 4.71. The number of carboxylic acids is 1. The van der Waals surface area contributed by atoms with Crippen LogP contribution in [-0.4, -0.2) is 28.2 Å². The second-order valence-corrected chi connectivity index (χ2v) is 12.8. The lowest BCUT2D eigenvalue weighted by Crippen LogP contribution is -2.39. The molecule has 0 fully saturated rings. The second-order valence-electron chi connectivity index (χ2n) is 9.82. The molecule has 0 aliphatic carbocycles. The molecule has 220 valence electrons. The maximum atomic E-state index is 13.9. The van der Waals surface area contributed by atoms with Crippen LogP contribution in [0.25, 0.3) is 6.08 Å². The number of benzene rings is 3. The standard InChI is InChI=1S/C32H26BrIN2O6S/c1-4-41-31(40)26-18(3)35-32-36(27(26)21-9-5-17(2)6-10-21)29(37)25(43-32)15-20-13-23(33)28(24(34)14-20)42-16-19-7-11-22(12-8-19)30(38)39/h5-15,27H,4,16H2,1-3H3,(H,38,39)/b25-15+/t27-/m0/s1. The molecular weight excluding hydrogens is 747 g/mol. The maximum Gasteiger partial charge on any atom is 0.338 e. The van der Waals surface area contributed by atoms with Gasteiger partial charge in [0.05, 0.1) is 42.1 Å². The van der Waals surface area contributed by atoms with Crippen LogP contribution in [-0.2, 0) is 16.1 Å². The zero-order valence-electron chi connectivity index (χ0n) is 23.4. The highest BCUT2D eigenvalue weighted by Crippen LogP contribution is 2.33. The van der Waals surface area contributed by atoms with Crippen molar-refractivity contribution in [2.45, 2.75) is 33.4 Å². The van der Waals surface area contributed by atoms with E-state index in [2.05, 4.69) is 43.5 Å². The number of esters is 1. The molecule has 0 unspecified atom stereocenters. The van der Waals surface area contributed by atoms with Crippen molar-refractivity contribution in [2.24, 2.45) is 4.99 Å². The topological polar surface area (TPSA) is 107 Å². The first-order chi connectivity index (χ1) is 20.6. The predicted octanol–water partition coefficient (Wildman–Crippen LogP) is 5.75. The van der Waals surface area contributed by atoms with Gasteiger partial charge in [0.25, 0.3) is 5.56 Å². The van der Waals surface area contributed by atoms with E-state index in [1.807, 2.05) is 43.3 Å². The Morgan fingerprint density at radius 1 is 1.12 bits per heavy atom. The van der Waals surface area contributed by atoms with Crippen LogP contribution in [0.1, 0.15) is 52.5 Å². The van der Waals surface area contributed by atoms with Gasteiger partial charge in [-0.3, -0.25) is 9.36 Å². The molecule has 0 saturated carbocycles. The molecule has 0 spiro atoms. The van der Waals surface area contributed by atoms with E-state index in [1.165, 1.54) is 11.3 Å². The van der Waals surface area contributed by atoms with Gasteiger partial charge in [0.15, 0.2) is 4.80 Å². The molecule has 2 heterocycles. The molecule has 3 aromatic carbocycles. The summed E-state index contributed by atoms with van der Waals surface area (Å²) in [4.78, 5) is 43.2. The van der Waals surface area contributed by atoms with E-state index in [1.54, 1.807) is 48.8 Å². The number of thiazole rings is 1. The highest BCUT2D eigenvalue weighted by Gasteiger charge is 2.33. The first-order valence-electron chi connectivity index (χ1n) is 13.3. The number of nitrogens with zero attached hydrogens (tertiary/aromatic N) is 2. The van der Waals surface area contributed by atoms with Crippen molar-refractivity contribution in [3.63, 3.8) is 0 Å². The maximum absolute atomic E-state index is 13.9. The van der Waals surface area contributed by atoms with Crippen LogP contribution in [0.3, 0.4) is 0 Å². The first kappa shape index (κ1) is 30.9. The molecule has 5 rings (SSSR count). The van der Waals surface area contributed by atoms with Gasteiger partial charge in [-0.25, -0.2) is 14.6 Å². The van der Waals surface area contributed by atoms with Crippen LogP contribution in [0.4, 0.5) is 0 Å². The van der Waals surface area contributed by atoms with E-state index in [-0.39, 0.29) is 24.3 Å². The highest BCUT2D eigenvalue weighted by molar-refractivity contribution is 14.1. The summed E-state index contributed by atoms with van der Waals surface area (Å²) < 4.78 is 15.0. The van der Waals surface area contributed by atoms with Crippen LogP contribution in [0.2, 0.25) is 0 Å². The van der Waals surface area contributed by atoms with Gasteiger partial charge in [-0.1, -0.05) is 53.3 Å². The summed E-state index contributed by atoms with van der Waals surface area (Å²) in [6.45, 7) is 5.97. The van der Waals surface area contributed by atoms with Crippen molar-refractivity contribution in [3.05, 3.63) is 127 Å². The fraction of sp³-hybridized carbons (Fsp3) is 0.188. The van der Waals surface area contributed by atoms with E-state index in [0.29, 0.717) is 30.8 Å². The van der Waals surface area contributed by atoms with Crippen molar-refractivity contribution in [1.29, 1.82) is 0 Å². The Kier molecular flexibility index (Phi) is 9.33. The molecule has 0 radical (unpaired) electrons. The minimum absolute atomic E-state index is 0.213. The molecule has 1 aromatic heterocycles. The molecule has 4 aromatic rings. The Bertz CT molecular complexity index is 1920. The van der Waals surface area contributed by atoms with E-state index < -0.39 is 18.0 Å². The lowest BCUT2D eigenvalue weighted by atomic mass is 9.95. The third-order valence-corrected chi connectivity index (χ3v) is 9.19. The lowest BCUT2D eigenvalue weighted by Gasteiger charge is -2.24. The first-order valence-corrected chi connectivity index (χ1v) is 16.0. The molecular formula is C32H26BrIN2O6S. The van der Waals surface area contributed by atoms with Gasteiger partial charge in [-0.05, 0) is 106 Å². The summed E-state index contributed by atoms with van der Waals surface area (Å²) in [5.74, 6) is -0.834. The summed E-state index contributed by atoms with van der Waals surface area (Å²) in [7, 11) is 0. The molecule has 0 saturated heterocycles. The Morgan fingerprint density at radius 2 is 1.81 bits per heavy atom. The number of carbonyl (C=O) groups is 2. The van der Waals surface area contributed by atoms with Crippen molar-refractivity contribution in [2.75, 3.05) is 6.61 Å². The van der Waals surface area contributed by atoms with Crippen molar-refractivity contribution in [1.82, 2.24) is 4.57 Å². The smallest absolute Gasteiger partial charge is 0.338 e. The van der Waals surface area contributed by atoms with E-state index >= 15 is 0 Å². The number of ether oxygens (including phenoxy) is 2. The van der Waals surface area contributed by atoms with Crippen molar-refractivity contribution in [3.8, 4) is 5.75 Å². The van der Waals surface area contributed by atoms with E-state index in [4.69, 9.17) is 14.6 Å². The van der Waals surface area contributed by atoms with Crippen LogP contribution >= 0.6 is 49.9 Å². The molecule has 8 nitrogen and oxygen atoms in total. The molecule has 11 heteroatoms. The predicted molar refractivity (Wildman–Crippen MR) is 176 cm³/mol. The third kappa shape index (κ3) is 6.53. The summed E-state index contributed by atoms with van der Waals surface area (Å²) in [5, 5.41) is 9.10. The largest absolute Gasteiger partial charge is 0.487 e. The van der Waals surface area contributed by atoms with Gasteiger partial charge in [0, 0.05) is 0 Å². The summed E-state index contributed by atoms with van der Waals surface area (Å²) >= 11 is 7.05. The van der Waals surface area contributed by atoms with Crippen molar-refractivity contribution >= 4 is 67.9 Å². The Morgan fingerprint density at radius 3 is 2.44 bits per heavy atom. The Labute approximate surface area is 273 Å². The van der Waals surface area contributed by atoms with Gasteiger partial charge in [-0.15, -0.1) is 0 Å². The zero-order valence-corrected chi connectivity index (χ0v) is 27.9. The van der Waals surface area contributed by atoms with Gasteiger partial charge < -0.3 is 14.6 Å². The average Bonchev–Trinajstić information content (AvgIpc) is 3.26. The normalized spacial score (nSPS) is 14.7. The number of rotatable bonds is 8. The van der Waals surface area contributed by atoms with E-state index in [9.17, 15) is 14.4 Å². The zero-order chi connectivity index (χ0) is 30.8. The Balaban J connectivity index is 1.51. The van der Waals surface area contributed by atoms with Crippen LogP contribution in [0.15, 0.2) is 86.2 Å². The summed E-state index contributed by atoms with van der Waals surface area (Å²) in [5.41, 5.74) is 4.32. The number of fused-ring (bicyclic) bond motifs is 1. The van der Waals surface area contributed by atoms with Gasteiger partial charge in [0.1, 0.15) is 12.4 Å².